The van der Waals surface area contributed by atoms with Crippen molar-refractivity contribution in [3.05, 3.63) is 35.6 Å². The van der Waals surface area contributed by atoms with Gasteiger partial charge in [0.25, 0.3) is 0 Å². The van der Waals surface area contributed by atoms with Crippen molar-refractivity contribution in [3.63, 3.8) is 0 Å². The van der Waals surface area contributed by atoms with Crippen LogP contribution < -0.4 is 10.4 Å². The molecule has 1 aliphatic carbocycles. The third-order valence-electron chi connectivity index (χ3n) is 9.95. The number of quaternary nitrogens is 1. The summed E-state index contributed by atoms with van der Waals surface area (Å²) in [6.45, 7) is 8.72. The zero-order valence-corrected chi connectivity index (χ0v) is 25.0. The normalized spacial score (nSPS) is 25.9. The number of piperidine rings is 2. The van der Waals surface area contributed by atoms with Crippen LogP contribution in [-0.4, -0.2) is 78.8 Å². The van der Waals surface area contributed by atoms with Crippen molar-refractivity contribution in [2.24, 2.45) is 17.3 Å². The number of nitrogens with two attached hydrogens (primary N) is 1. The summed E-state index contributed by atoms with van der Waals surface area (Å²) in [6.07, 6.45) is 3.66. The summed E-state index contributed by atoms with van der Waals surface area (Å²) in [5.41, 5.74) is 0.829. The molecule has 4 aliphatic rings. The molecule has 43 heavy (non-hydrogen) atoms. The Labute approximate surface area is 250 Å². The van der Waals surface area contributed by atoms with Gasteiger partial charge in [0.05, 0.1) is 24.5 Å². The summed E-state index contributed by atoms with van der Waals surface area (Å²) in [7, 11) is 0. The smallest absolute Gasteiger partial charge is 0.430 e. The Kier molecular flexibility index (Phi) is 10.3. The molecule has 0 radical (unpaired) electrons. The summed E-state index contributed by atoms with van der Waals surface area (Å²) in [6, 6.07) is 6.72. The summed E-state index contributed by atoms with van der Waals surface area (Å²) in [4.78, 5) is 39.4. The Morgan fingerprint density at radius 2 is 1.65 bits per heavy atom. The van der Waals surface area contributed by atoms with Gasteiger partial charge in [0.2, 0.25) is 5.91 Å². The van der Waals surface area contributed by atoms with Crippen LogP contribution >= 0.6 is 0 Å². The van der Waals surface area contributed by atoms with Crippen molar-refractivity contribution >= 4 is 18.0 Å². The van der Waals surface area contributed by atoms with Gasteiger partial charge in [-0.05, 0) is 68.6 Å². The first-order valence-corrected chi connectivity index (χ1v) is 15.3. The fraction of sp³-hybridized carbons (Fsp3) is 0.710. The first-order valence-electron chi connectivity index (χ1n) is 15.3. The first-order chi connectivity index (χ1) is 20.2. The number of cyclic esters (lactones) is 1. The molecule has 3 heterocycles. The van der Waals surface area contributed by atoms with Crippen molar-refractivity contribution in [1.29, 1.82) is 0 Å². The van der Waals surface area contributed by atoms with E-state index >= 15 is 0 Å². The standard InChI is InChI=1S/C29H42FN3O3.C2HF3O2/c1-28(2)20-36-27(35)33(28)19-29(22-6-4-3-5-7-22)13-16-32(17-14-29)26(34)24-12-15-31-18-25(24)21-8-10-23(30)11-9-21;3-2(4,5)1(6)7/h8-11,22,24-25,31H,3-7,12-20H2,1-2H3;(H,6,7)/t24-,25+;/m1./s1. The lowest BCUT2D eigenvalue weighted by Crippen LogP contribution is -2.88. The molecule has 1 aromatic rings. The molecule has 2 atom stereocenters. The van der Waals surface area contributed by atoms with Gasteiger partial charge in [0, 0.05) is 32.0 Å². The summed E-state index contributed by atoms with van der Waals surface area (Å²) in [5.74, 6) is -2.30. The maximum atomic E-state index is 13.8. The molecule has 3 saturated heterocycles. The fourth-order valence-electron chi connectivity index (χ4n) is 7.39. The van der Waals surface area contributed by atoms with Gasteiger partial charge in [-0.25, -0.2) is 9.18 Å². The monoisotopic (exact) mass is 613 g/mol. The minimum Gasteiger partial charge on any atom is -0.542 e. The predicted molar refractivity (Wildman–Crippen MR) is 147 cm³/mol. The molecule has 3 aliphatic heterocycles. The van der Waals surface area contributed by atoms with E-state index in [-0.39, 0.29) is 40.6 Å². The lowest BCUT2D eigenvalue weighted by atomic mass is 9.63. The maximum Gasteiger partial charge on any atom is 0.430 e. The zero-order chi connectivity index (χ0) is 31.4. The Morgan fingerprint density at radius 1 is 1.05 bits per heavy atom. The number of alkyl halides is 3. The number of hydrogen-bond acceptors (Lipinski definition) is 5. The second-order valence-electron chi connectivity index (χ2n) is 13.1. The zero-order valence-electron chi connectivity index (χ0n) is 25.0. The number of carbonyl (C=O) groups excluding carboxylic acids is 3. The van der Waals surface area contributed by atoms with E-state index in [9.17, 15) is 27.2 Å². The number of ether oxygens (including phenoxy) is 1. The van der Waals surface area contributed by atoms with Gasteiger partial charge < -0.3 is 24.9 Å². The largest absolute Gasteiger partial charge is 0.542 e. The fourth-order valence-corrected chi connectivity index (χ4v) is 7.39. The van der Waals surface area contributed by atoms with Gasteiger partial charge in [-0.1, -0.05) is 31.4 Å². The van der Waals surface area contributed by atoms with Crippen LogP contribution in [0.25, 0.3) is 0 Å². The van der Waals surface area contributed by atoms with Gasteiger partial charge in [-0.3, -0.25) is 9.69 Å². The molecule has 0 bridgehead atoms. The van der Waals surface area contributed by atoms with Crippen LogP contribution in [0.3, 0.4) is 0 Å². The minimum absolute atomic E-state index is 0.0462. The molecule has 0 unspecified atom stereocenters. The van der Waals surface area contributed by atoms with Crippen molar-refractivity contribution in [1.82, 2.24) is 9.80 Å². The number of carboxylic acids is 1. The Bertz CT molecular complexity index is 1130. The van der Waals surface area contributed by atoms with Crippen molar-refractivity contribution in [2.75, 3.05) is 39.3 Å². The van der Waals surface area contributed by atoms with E-state index in [0.717, 1.165) is 57.5 Å². The molecule has 240 valence electrons. The second kappa shape index (κ2) is 13.4. The molecule has 0 spiro atoms. The predicted octanol–water partition coefficient (Wildman–Crippen LogP) is 3.21. The van der Waals surface area contributed by atoms with Gasteiger partial charge in [0.1, 0.15) is 18.4 Å². The highest BCUT2D eigenvalue weighted by Crippen LogP contribution is 2.48. The number of nitrogens with zero attached hydrogens (tertiary/aromatic N) is 2. The van der Waals surface area contributed by atoms with Crippen LogP contribution in [0.15, 0.2) is 24.3 Å². The molecule has 4 fully saturated rings. The van der Waals surface area contributed by atoms with Crippen LogP contribution in [0.1, 0.15) is 76.7 Å². The third-order valence-corrected chi connectivity index (χ3v) is 9.95. The third kappa shape index (κ3) is 7.80. The van der Waals surface area contributed by atoms with E-state index in [1.807, 2.05) is 17.0 Å². The second-order valence-corrected chi connectivity index (χ2v) is 13.1. The molecular weight excluding hydrogens is 570 g/mol. The van der Waals surface area contributed by atoms with E-state index in [1.165, 1.54) is 44.2 Å². The van der Waals surface area contributed by atoms with E-state index in [2.05, 4.69) is 24.1 Å². The van der Waals surface area contributed by atoms with Crippen LogP contribution in [0, 0.1) is 23.1 Å². The van der Waals surface area contributed by atoms with Gasteiger partial charge in [0.15, 0.2) is 0 Å². The highest BCUT2D eigenvalue weighted by atomic mass is 19.4. The van der Waals surface area contributed by atoms with Gasteiger partial charge in [-0.15, -0.1) is 0 Å². The number of aliphatic carboxylic acids is 1. The number of carbonyl (C=O) groups is 3. The lowest BCUT2D eigenvalue weighted by Gasteiger charge is -2.51. The number of likely N-dealkylation sites (tertiary alicyclic amines) is 1. The number of rotatable bonds is 5. The molecule has 12 heteroatoms. The molecule has 5 rings (SSSR count). The Hall–Kier alpha value is -2.89. The quantitative estimate of drug-likeness (QED) is 0.514. The van der Waals surface area contributed by atoms with E-state index in [1.54, 1.807) is 0 Å². The number of hydrogen-bond donors (Lipinski definition) is 1. The number of carboxylic acid groups (broad SMARTS) is 1. The number of halogens is 4. The number of amides is 2. The SMILES string of the molecule is CC1(C)COC(=O)N1CC1(C2CCCCC2)CCN(C(=O)[C@@H]2CC[NH2+]C[C@H]2c2ccc(F)cc2)CC1.O=C([O-])C(F)(F)F. The maximum absolute atomic E-state index is 13.8. The minimum atomic E-state index is -5.19. The molecular formula is C31H43F4N3O5. The van der Waals surface area contributed by atoms with Crippen LogP contribution in [0.4, 0.5) is 22.4 Å². The van der Waals surface area contributed by atoms with Crippen LogP contribution in [0.2, 0.25) is 0 Å². The van der Waals surface area contributed by atoms with Gasteiger partial charge in [-0.2, -0.15) is 13.2 Å². The molecule has 2 N–H and O–H groups in total. The Morgan fingerprint density at radius 3 is 2.19 bits per heavy atom. The van der Waals surface area contributed by atoms with Crippen molar-refractivity contribution < 1.29 is 47.1 Å². The van der Waals surface area contributed by atoms with Crippen molar-refractivity contribution in [3.8, 4) is 0 Å². The molecule has 1 aromatic carbocycles. The average molecular weight is 614 g/mol. The van der Waals surface area contributed by atoms with E-state index in [4.69, 9.17) is 14.6 Å². The van der Waals surface area contributed by atoms with Crippen LogP contribution in [0.5, 0.6) is 0 Å². The number of benzene rings is 1. The Balaban J connectivity index is 0.000000541. The van der Waals surface area contributed by atoms with Crippen molar-refractivity contribution in [2.45, 2.75) is 82.8 Å². The highest BCUT2D eigenvalue weighted by Gasteiger charge is 2.50. The summed E-state index contributed by atoms with van der Waals surface area (Å²) >= 11 is 0. The molecule has 8 nitrogen and oxygen atoms in total. The molecule has 2 amide bonds. The molecule has 1 saturated carbocycles. The van der Waals surface area contributed by atoms with E-state index < -0.39 is 12.1 Å². The average Bonchev–Trinajstić information content (AvgIpc) is 3.24. The first kappa shape index (κ1) is 33.0. The highest BCUT2D eigenvalue weighted by molar-refractivity contribution is 5.80. The molecule has 0 aromatic heterocycles. The van der Waals surface area contributed by atoms with E-state index in [0.29, 0.717) is 12.5 Å². The van der Waals surface area contributed by atoms with Crippen LogP contribution in [-0.2, 0) is 14.3 Å². The topological polar surface area (TPSA) is 107 Å². The van der Waals surface area contributed by atoms with Gasteiger partial charge >= 0.3 is 12.3 Å². The summed E-state index contributed by atoms with van der Waals surface area (Å²) < 4.78 is 50.5. The lowest BCUT2D eigenvalue weighted by molar-refractivity contribution is -0.666. The summed E-state index contributed by atoms with van der Waals surface area (Å²) in [5, 5.41) is 11.1.